The molecule has 2 unspecified atom stereocenters. The maximum atomic E-state index is 12.1. The summed E-state index contributed by atoms with van der Waals surface area (Å²) in [6.07, 6.45) is 1.00. The largest absolute Gasteiger partial charge is 0.481 e. The molecule has 0 bridgehead atoms. The summed E-state index contributed by atoms with van der Waals surface area (Å²) in [4.78, 5) is 23.3. The van der Waals surface area contributed by atoms with E-state index in [4.69, 9.17) is 5.84 Å². The van der Waals surface area contributed by atoms with E-state index in [-0.39, 0.29) is 6.42 Å². The Morgan fingerprint density at radius 1 is 1.40 bits per heavy atom. The normalized spacial score (nSPS) is 25.9. The Labute approximate surface area is 117 Å². The van der Waals surface area contributed by atoms with Gasteiger partial charge in [0.2, 0.25) is 0 Å². The molecule has 6 heteroatoms. The number of hydrogen-bond acceptors (Lipinski definition) is 3. The van der Waals surface area contributed by atoms with Crippen molar-refractivity contribution in [2.24, 2.45) is 11.8 Å². The van der Waals surface area contributed by atoms with Crippen molar-refractivity contribution in [2.75, 3.05) is 6.54 Å². The van der Waals surface area contributed by atoms with Gasteiger partial charge in [-0.25, -0.2) is 11.2 Å². The Morgan fingerprint density at radius 3 is 2.70 bits per heavy atom. The molecule has 0 aromatic heterocycles. The summed E-state index contributed by atoms with van der Waals surface area (Å²) in [6, 6.07) is 9.43. The highest BCUT2D eigenvalue weighted by atomic mass is 16.4. The van der Waals surface area contributed by atoms with Gasteiger partial charge >= 0.3 is 5.97 Å². The van der Waals surface area contributed by atoms with Crippen LogP contribution in [0.3, 0.4) is 0 Å². The van der Waals surface area contributed by atoms with Crippen LogP contribution in [0, 0.1) is 5.92 Å². The highest BCUT2D eigenvalue weighted by Gasteiger charge is 2.45. The van der Waals surface area contributed by atoms with E-state index in [0.29, 0.717) is 19.4 Å². The molecule has 0 saturated carbocycles. The van der Waals surface area contributed by atoms with Crippen LogP contribution in [0.4, 0.5) is 0 Å². The molecule has 107 valence electrons. The second-order valence-corrected chi connectivity index (χ2v) is 5.08. The topological polar surface area (TPSA) is 107 Å². The van der Waals surface area contributed by atoms with Crippen molar-refractivity contribution in [3.63, 3.8) is 0 Å². The predicted octanol–water partition coefficient (Wildman–Crippen LogP) is 0.0568. The third kappa shape index (κ3) is 2.97. The van der Waals surface area contributed by atoms with Gasteiger partial charge in [0, 0.05) is 13.0 Å². The molecule has 6 nitrogen and oxygen atoms in total. The van der Waals surface area contributed by atoms with Gasteiger partial charge in [-0.2, -0.15) is 0 Å². The number of carbonyl (C=O) groups is 2. The lowest BCUT2D eigenvalue weighted by Crippen LogP contribution is -2.60. The van der Waals surface area contributed by atoms with E-state index >= 15 is 0 Å². The van der Waals surface area contributed by atoms with Gasteiger partial charge in [0.1, 0.15) is 5.54 Å². The second-order valence-electron chi connectivity index (χ2n) is 5.08. The van der Waals surface area contributed by atoms with Crippen LogP contribution in [0.25, 0.3) is 0 Å². The van der Waals surface area contributed by atoms with Crippen LogP contribution in [-0.2, 0) is 16.0 Å². The van der Waals surface area contributed by atoms with E-state index in [2.05, 4.69) is 10.7 Å². The number of rotatable bonds is 4. The fourth-order valence-corrected chi connectivity index (χ4v) is 2.66. The third-order valence-electron chi connectivity index (χ3n) is 3.72. The molecule has 2 atom stereocenters. The van der Waals surface area contributed by atoms with Crippen LogP contribution in [0.15, 0.2) is 30.3 Å². The maximum Gasteiger partial charge on any atom is 0.306 e. The monoisotopic (exact) mass is 276 g/mol. The number of piperidine rings is 1. The molecule has 0 spiro atoms. The smallest absolute Gasteiger partial charge is 0.306 e. The standard InChI is InChI=1S/C14H18N3O3/c15-17-13(20)14(8-10-4-2-1-3-5-10)9-11(12(18)19)6-7-16-14/h1-5,11H,6-9,15H2,(H,17,20)(H,18,19). The van der Waals surface area contributed by atoms with Gasteiger partial charge in [-0.15, -0.1) is 0 Å². The van der Waals surface area contributed by atoms with Crippen molar-refractivity contribution in [1.82, 2.24) is 10.7 Å². The Kier molecular flexibility index (Phi) is 4.36. The lowest BCUT2D eigenvalue weighted by Gasteiger charge is -2.37. The molecule has 1 fully saturated rings. The highest BCUT2D eigenvalue weighted by Crippen LogP contribution is 2.30. The molecule has 1 aliphatic heterocycles. The minimum Gasteiger partial charge on any atom is -0.481 e. The van der Waals surface area contributed by atoms with E-state index in [1.165, 1.54) is 0 Å². The quantitative estimate of drug-likeness (QED) is 0.410. The lowest BCUT2D eigenvalue weighted by molar-refractivity contribution is -0.145. The van der Waals surface area contributed by atoms with E-state index in [1.807, 2.05) is 30.3 Å². The van der Waals surface area contributed by atoms with Crippen LogP contribution < -0.4 is 16.6 Å². The van der Waals surface area contributed by atoms with Crippen LogP contribution >= 0.6 is 0 Å². The fraction of sp³-hybridized carbons (Fsp3) is 0.429. The molecule has 20 heavy (non-hydrogen) atoms. The van der Waals surface area contributed by atoms with E-state index in [9.17, 15) is 14.7 Å². The Bertz CT molecular complexity index is 492. The molecular weight excluding hydrogens is 258 g/mol. The van der Waals surface area contributed by atoms with Gasteiger partial charge in [-0.1, -0.05) is 30.3 Å². The summed E-state index contributed by atoms with van der Waals surface area (Å²) < 4.78 is 0. The first-order valence-corrected chi connectivity index (χ1v) is 6.54. The fourth-order valence-electron chi connectivity index (χ4n) is 2.66. The SMILES string of the molecule is NNC(=O)C1(Cc2ccccc2)CC(C(=O)O)CC[N]1. The molecule has 2 rings (SSSR count). The molecule has 1 aromatic rings. The van der Waals surface area contributed by atoms with Gasteiger partial charge in [0.25, 0.3) is 5.91 Å². The van der Waals surface area contributed by atoms with Crippen molar-refractivity contribution in [3.05, 3.63) is 35.9 Å². The first kappa shape index (κ1) is 14.5. The summed E-state index contributed by atoms with van der Waals surface area (Å²) in [5.74, 6) is 3.38. The summed E-state index contributed by atoms with van der Waals surface area (Å²) in [5, 5.41) is 13.6. The minimum atomic E-state index is -1.09. The van der Waals surface area contributed by atoms with Crippen molar-refractivity contribution >= 4 is 11.9 Å². The number of carbonyl (C=O) groups excluding carboxylic acids is 1. The number of nitrogens with one attached hydrogen (secondary N) is 1. The number of amides is 1. The predicted molar refractivity (Wildman–Crippen MR) is 72.6 cm³/mol. The van der Waals surface area contributed by atoms with Crippen LogP contribution in [-0.4, -0.2) is 29.1 Å². The van der Waals surface area contributed by atoms with Crippen molar-refractivity contribution < 1.29 is 14.7 Å². The average Bonchev–Trinajstić information content (AvgIpc) is 2.47. The molecule has 1 aliphatic rings. The highest BCUT2D eigenvalue weighted by molar-refractivity contribution is 5.87. The lowest BCUT2D eigenvalue weighted by atomic mass is 9.77. The Balaban J connectivity index is 2.26. The van der Waals surface area contributed by atoms with E-state index < -0.39 is 23.3 Å². The Morgan fingerprint density at radius 2 is 2.10 bits per heavy atom. The molecule has 1 radical (unpaired) electrons. The van der Waals surface area contributed by atoms with Gasteiger partial charge in [0.15, 0.2) is 0 Å². The number of hydrogen-bond donors (Lipinski definition) is 3. The number of nitrogens with two attached hydrogens (primary N) is 1. The second kappa shape index (κ2) is 6.02. The first-order valence-electron chi connectivity index (χ1n) is 6.54. The summed E-state index contributed by atoms with van der Waals surface area (Å²) in [7, 11) is 0. The van der Waals surface area contributed by atoms with Gasteiger partial charge in [-0.05, 0) is 18.4 Å². The number of carboxylic acids is 1. The van der Waals surface area contributed by atoms with Gasteiger partial charge in [-0.3, -0.25) is 15.0 Å². The van der Waals surface area contributed by atoms with Crippen molar-refractivity contribution in [3.8, 4) is 0 Å². The molecule has 0 aliphatic carbocycles. The number of hydrazine groups is 1. The molecular formula is C14H18N3O3. The van der Waals surface area contributed by atoms with E-state index in [1.54, 1.807) is 0 Å². The molecule has 1 heterocycles. The summed E-state index contributed by atoms with van der Waals surface area (Å²) in [6.45, 7) is 0.358. The molecule has 4 N–H and O–H groups in total. The zero-order chi connectivity index (χ0) is 14.6. The molecule has 1 saturated heterocycles. The van der Waals surface area contributed by atoms with Gasteiger partial charge in [0.05, 0.1) is 5.92 Å². The Hall–Kier alpha value is -1.92. The minimum absolute atomic E-state index is 0.181. The number of carboxylic acid groups (broad SMARTS) is 1. The molecule has 1 amide bonds. The number of benzene rings is 1. The van der Waals surface area contributed by atoms with Gasteiger partial charge < -0.3 is 5.11 Å². The summed E-state index contributed by atoms with van der Waals surface area (Å²) in [5.41, 5.74) is 1.98. The third-order valence-corrected chi connectivity index (χ3v) is 3.72. The van der Waals surface area contributed by atoms with Crippen molar-refractivity contribution in [2.45, 2.75) is 24.8 Å². The van der Waals surface area contributed by atoms with Crippen LogP contribution in [0.5, 0.6) is 0 Å². The maximum absolute atomic E-state index is 12.1. The molecule has 1 aromatic carbocycles. The number of nitrogens with zero attached hydrogens (tertiary/aromatic N) is 1. The summed E-state index contributed by atoms with van der Waals surface area (Å²) >= 11 is 0. The number of aliphatic carboxylic acids is 1. The van der Waals surface area contributed by atoms with E-state index in [0.717, 1.165) is 5.56 Å². The average molecular weight is 276 g/mol. The van der Waals surface area contributed by atoms with Crippen molar-refractivity contribution in [1.29, 1.82) is 0 Å². The van der Waals surface area contributed by atoms with Crippen LogP contribution in [0.2, 0.25) is 0 Å². The first-order chi connectivity index (χ1) is 9.57. The van der Waals surface area contributed by atoms with Crippen LogP contribution in [0.1, 0.15) is 18.4 Å². The zero-order valence-electron chi connectivity index (χ0n) is 11.1. The zero-order valence-corrected chi connectivity index (χ0v) is 11.1.